The Bertz CT molecular complexity index is 866. The molecule has 0 unspecified atom stereocenters. The van der Waals surface area contributed by atoms with Crippen LogP contribution < -0.4 is 15.5 Å². The minimum atomic E-state index is -0.497. The van der Waals surface area contributed by atoms with Crippen LogP contribution in [-0.2, 0) is 6.54 Å². The Morgan fingerprint density at radius 1 is 1.28 bits per heavy atom. The summed E-state index contributed by atoms with van der Waals surface area (Å²) < 4.78 is 21.0. The number of halogens is 1. The number of nitrogens with two attached hydrogens (primary N) is 1. The summed E-state index contributed by atoms with van der Waals surface area (Å²) in [5.74, 6) is 5.00. The predicted molar refractivity (Wildman–Crippen MR) is 108 cm³/mol. The Morgan fingerprint density at radius 2 is 2.03 bits per heavy atom. The fourth-order valence-electron chi connectivity index (χ4n) is 3.32. The zero-order valence-electron chi connectivity index (χ0n) is 16.5. The molecule has 0 spiro atoms. The highest BCUT2D eigenvalue weighted by molar-refractivity contribution is 6.04. The standard InChI is InChI=1S/C19H25FN8O/c1-13(2)29-16-6-5-15(19(24-21)25-22)18(17(16)20)28-10-8-27(9-11-28)12-14-4-3-7-23-26-14/h3-7,13,21H,8-12,22H2,1-2H3. The molecule has 2 heterocycles. The lowest BCUT2D eigenvalue weighted by Gasteiger charge is -2.37. The first-order valence-corrected chi connectivity index (χ1v) is 9.42. The third-order valence-electron chi connectivity index (χ3n) is 4.61. The first-order valence-electron chi connectivity index (χ1n) is 9.42. The monoisotopic (exact) mass is 400 g/mol. The van der Waals surface area contributed by atoms with Crippen molar-refractivity contribution >= 4 is 11.5 Å². The van der Waals surface area contributed by atoms with Crippen LogP contribution in [0.2, 0.25) is 0 Å². The molecule has 0 aliphatic carbocycles. The number of amidine groups is 1. The molecule has 0 bridgehead atoms. The number of nitrogens with one attached hydrogen (secondary N) is 1. The van der Waals surface area contributed by atoms with Crippen LogP contribution in [0.5, 0.6) is 5.75 Å². The number of hydrogen-bond acceptors (Lipinski definition) is 8. The normalized spacial score (nSPS) is 15.6. The predicted octanol–water partition coefficient (Wildman–Crippen LogP) is 2.38. The molecule has 10 heteroatoms. The van der Waals surface area contributed by atoms with Crippen LogP contribution in [0.25, 0.3) is 0 Å². The van der Waals surface area contributed by atoms with E-state index in [9.17, 15) is 0 Å². The van der Waals surface area contributed by atoms with Crippen LogP contribution in [0.3, 0.4) is 0 Å². The van der Waals surface area contributed by atoms with Crippen molar-refractivity contribution in [3.63, 3.8) is 0 Å². The molecule has 1 aromatic heterocycles. The SMILES string of the molecule is CC(C)Oc1ccc(C(N=N)=NN)c(N2CCN(Cc3cccnn3)CC2)c1F. The van der Waals surface area contributed by atoms with E-state index in [1.165, 1.54) is 6.07 Å². The van der Waals surface area contributed by atoms with Crippen LogP contribution in [-0.4, -0.2) is 53.2 Å². The zero-order chi connectivity index (χ0) is 20.8. The van der Waals surface area contributed by atoms with Crippen molar-refractivity contribution in [3.8, 4) is 5.75 Å². The van der Waals surface area contributed by atoms with E-state index in [-0.39, 0.29) is 17.7 Å². The molecule has 1 aliphatic rings. The van der Waals surface area contributed by atoms with Crippen LogP contribution >= 0.6 is 0 Å². The highest BCUT2D eigenvalue weighted by Crippen LogP contribution is 2.33. The molecule has 29 heavy (non-hydrogen) atoms. The van der Waals surface area contributed by atoms with E-state index in [1.807, 2.05) is 30.9 Å². The largest absolute Gasteiger partial charge is 0.488 e. The Kier molecular flexibility index (Phi) is 6.65. The Morgan fingerprint density at radius 3 is 2.62 bits per heavy atom. The summed E-state index contributed by atoms with van der Waals surface area (Å²) in [5.41, 5.74) is 8.90. The van der Waals surface area contributed by atoms with Gasteiger partial charge in [-0.25, -0.2) is 9.92 Å². The van der Waals surface area contributed by atoms with Crippen LogP contribution in [0, 0.1) is 11.3 Å². The summed E-state index contributed by atoms with van der Waals surface area (Å²) in [6, 6.07) is 6.96. The number of rotatable bonds is 6. The lowest BCUT2D eigenvalue weighted by molar-refractivity contribution is 0.229. The first kappa shape index (κ1) is 20.6. The molecule has 2 aromatic rings. The minimum Gasteiger partial charge on any atom is -0.488 e. The average Bonchev–Trinajstić information content (AvgIpc) is 2.72. The van der Waals surface area contributed by atoms with E-state index in [2.05, 4.69) is 25.3 Å². The highest BCUT2D eigenvalue weighted by Gasteiger charge is 2.26. The van der Waals surface area contributed by atoms with Gasteiger partial charge in [0.2, 0.25) is 5.84 Å². The van der Waals surface area contributed by atoms with Gasteiger partial charge in [-0.2, -0.15) is 15.3 Å². The smallest absolute Gasteiger partial charge is 0.201 e. The second-order valence-corrected chi connectivity index (χ2v) is 6.98. The van der Waals surface area contributed by atoms with Gasteiger partial charge in [0, 0.05) is 44.5 Å². The number of piperazine rings is 1. The first-order chi connectivity index (χ1) is 14.0. The fourth-order valence-corrected chi connectivity index (χ4v) is 3.32. The number of anilines is 1. The summed E-state index contributed by atoms with van der Waals surface area (Å²) in [4.78, 5) is 4.15. The topological polar surface area (TPSA) is 116 Å². The van der Waals surface area contributed by atoms with Gasteiger partial charge in [-0.3, -0.25) is 4.90 Å². The zero-order valence-corrected chi connectivity index (χ0v) is 16.5. The Balaban J connectivity index is 1.84. The van der Waals surface area contributed by atoms with Crippen LogP contribution in [0.1, 0.15) is 25.1 Å². The van der Waals surface area contributed by atoms with E-state index < -0.39 is 5.82 Å². The molecule has 9 nitrogen and oxygen atoms in total. The molecule has 1 saturated heterocycles. The van der Waals surface area contributed by atoms with Crippen LogP contribution in [0.4, 0.5) is 10.1 Å². The molecule has 0 atom stereocenters. The molecule has 1 aromatic carbocycles. The molecule has 0 amide bonds. The van der Waals surface area contributed by atoms with Crippen LogP contribution in [0.15, 0.2) is 40.7 Å². The molecule has 0 radical (unpaired) electrons. The van der Waals surface area contributed by atoms with Crippen molar-refractivity contribution in [1.82, 2.24) is 15.1 Å². The molecule has 154 valence electrons. The highest BCUT2D eigenvalue weighted by atomic mass is 19.1. The van der Waals surface area contributed by atoms with Crippen molar-refractivity contribution in [1.29, 1.82) is 5.53 Å². The fraction of sp³-hybridized carbons (Fsp3) is 0.421. The summed E-state index contributed by atoms with van der Waals surface area (Å²) in [7, 11) is 0. The van der Waals surface area contributed by atoms with E-state index in [0.717, 1.165) is 18.8 Å². The van der Waals surface area contributed by atoms with Gasteiger partial charge in [0.05, 0.1) is 17.5 Å². The third-order valence-corrected chi connectivity index (χ3v) is 4.61. The summed E-state index contributed by atoms with van der Waals surface area (Å²) in [5, 5.41) is 14.9. The van der Waals surface area contributed by atoms with Gasteiger partial charge in [-0.1, -0.05) is 0 Å². The number of nitrogens with zero attached hydrogens (tertiary/aromatic N) is 6. The van der Waals surface area contributed by atoms with Crippen molar-refractivity contribution < 1.29 is 9.13 Å². The lowest BCUT2D eigenvalue weighted by Crippen LogP contribution is -2.46. The number of hydrazone groups is 1. The van der Waals surface area contributed by atoms with Gasteiger partial charge in [0.1, 0.15) is 0 Å². The lowest BCUT2D eigenvalue weighted by atomic mass is 10.1. The number of ether oxygens (including phenoxy) is 1. The molecule has 1 fully saturated rings. The maximum absolute atomic E-state index is 15.4. The van der Waals surface area contributed by atoms with Gasteiger partial charge in [0.15, 0.2) is 11.6 Å². The summed E-state index contributed by atoms with van der Waals surface area (Å²) in [6.45, 7) is 6.98. The second kappa shape index (κ2) is 9.37. The molecule has 0 saturated carbocycles. The van der Waals surface area contributed by atoms with Gasteiger partial charge in [-0.15, -0.1) is 5.11 Å². The molecular formula is C19H25FN8O. The van der Waals surface area contributed by atoms with E-state index in [4.69, 9.17) is 16.1 Å². The Labute approximate surface area is 168 Å². The van der Waals surface area contributed by atoms with E-state index in [1.54, 1.807) is 12.3 Å². The van der Waals surface area contributed by atoms with Crippen molar-refractivity contribution in [2.24, 2.45) is 16.1 Å². The van der Waals surface area contributed by atoms with Crippen molar-refractivity contribution in [3.05, 3.63) is 47.5 Å². The maximum Gasteiger partial charge on any atom is 0.201 e. The Hall–Kier alpha value is -3.14. The number of benzene rings is 1. The van der Waals surface area contributed by atoms with Gasteiger partial charge in [0.25, 0.3) is 0 Å². The van der Waals surface area contributed by atoms with E-state index in [0.29, 0.717) is 30.9 Å². The number of aromatic nitrogens is 2. The molecule has 1 aliphatic heterocycles. The summed E-state index contributed by atoms with van der Waals surface area (Å²) in [6.07, 6.45) is 1.47. The average molecular weight is 400 g/mol. The maximum atomic E-state index is 15.4. The van der Waals surface area contributed by atoms with Gasteiger partial charge >= 0.3 is 0 Å². The van der Waals surface area contributed by atoms with E-state index >= 15 is 4.39 Å². The molecule has 3 rings (SSSR count). The molecular weight excluding hydrogens is 375 g/mol. The van der Waals surface area contributed by atoms with Crippen molar-refractivity contribution in [2.75, 3.05) is 31.1 Å². The number of hydrogen-bond donors (Lipinski definition) is 2. The summed E-state index contributed by atoms with van der Waals surface area (Å²) >= 11 is 0. The second-order valence-electron chi connectivity index (χ2n) is 6.98. The minimum absolute atomic E-state index is 0.0306. The van der Waals surface area contributed by atoms with Crippen molar-refractivity contribution in [2.45, 2.75) is 26.5 Å². The van der Waals surface area contributed by atoms with Gasteiger partial charge in [-0.05, 0) is 38.1 Å². The molecule has 3 N–H and O–H groups in total. The van der Waals surface area contributed by atoms with Gasteiger partial charge < -0.3 is 15.5 Å². The quantitative estimate of drug-likeness (QED) is 0.253. The third kappa shape index (κ3) is 4.83.